The van der Waals surface area contributed by atoms with E-state index in [1.54, 1.807) is 0 Å². The maximum atomic E-state index is 6.27. The molecule has 0 spiro atoms. The summed E-state index contributed by atoms with van der Waals surface area (Å²) in [6.07, 6.45) is 3.67. The normalized spacial score (nSPS) is 11.8. The van der Waals surface area contributed by atoms with Gasteiger partial charge in [-0.25, -0.2) is 19.9 Å². The average molecular weight is 703 g/mol. The lowest BCUT2D eigenvalue weighted by Crippen LogP contribution is -2.13. The second kappa shape index (κ2) is 11.7. The van der Waals surface area contributed by atoms with E-state index >= 15 is 0 Å². The molecule has 0 atom stereocenters. The van der Waals surface area contributed by atoms with Crippen molar-refractivity contribution in [3.05, 3.63) is 158 Å². The van der Waals surface area contributed by atoms with Crippen molar-refractivity contribution in [2.24, 2.45) is 0 Å². The van der Waals surface area contributed by atoms with Gasteiger partial charge >= 0.3 is 0 Å². The Balaban J connectivity index is 1.03. The molecule has 0 bridgehead atoms. The predicted molar refractivity (Wildman–Crippen MR) is 214 cm³/mol. The number of hydrogen-bond donors (Lipinski definition) is 0. The number of hydrogen-bond acceptors (Lipinski definition) is 9. The number of rotatable bonds is 6. The van der Waals surface area contributed by atoms with Crippen LogP contribution in [-0.4, -0.2) is 19.9 Å². The zero-order valence-electron chi connectivity index (χ0n) is 27.9. The lowest BCUT2D eigenvalue weighted by atomic mass is 10.1. The molecule has 5 aromatic heterocycles. The number of furan rings is 2. The Kier molecular flexibility index (Phi) is 6.55. The van der Waals surface area contributed by atoms with Crippen molar-refractivity contribution in [1.29, 1.82) is 0 Å². The zero-order valence-corrected chi connectivity index (χ0v) is 28.7. The summed E-state index contributed by atoms with van der Waals surface area (Å²) in [5.74, 6) is 1.22. The van der Waals surface area contributed by atoms with Gasteiger partial charge in [0, 0.05) is 51.2 Å². The van der Waals surface area contributed by atoms with Crippen molar-refractivity contribution in [1.82, 2.24) is 19.9 Å². The van der Waals surface area contributed by atoms with Crippen LogP contribution in [-0.2, 0) is 0 Å². The molecule has 8 nitrogen and oxygen atoms in total. The minimum Gasteiger partial charge on any atom is -0.456 e. The summed E-state index contributed by atoms with van der Waals surface area (Å²) in [6.45, 7) is 0. The van der Waals surface area contributed by atoms with Crippen LogP contribution in [0.15, 0.2) is 167 Å². The highest BCUT2D eigenvalue weighted by Crippen LogP contribution is 2.41. The van der Waals surface area contributed by atoms with Gasteiger partial charge in [0.05, 0.1) is 23.0 Å². The van der Waals surface area contributed by atoms with Gasteiger partial charge in [-0.3, -0.25) is 9.80 Å². The fourth-order valence-electron chi connectivity index (χ4n) is 7.18. The molecule has 0 saturated heterocycles. The van der Waals surface area contributed by atoms with Crippen LogP contribution < -0.4 is 9.80 Å². The molecule has 6 aromatic carbocycles. The number of aromatic nitrogens is 4. The molecule has 0 aliphatic rings. The maximum absolute atomic E-state index is 6.27. The highest BCUT2D eigenvalue weighted by molar-refractivity contribution is 7.25. The predicted octanol–water partition coefficient (Wildman–Crippen LogP) is 12.4. The first-order chi connectivity index (χ1) is 26.2. The molecule has 0 fully saturated rings. The molecule has 250 valence electrons. The molecule has 0 aliphatic carbocycles. The summed E-state index contributed by atoms with van der Waals surface area (Å²) in [5, 5.41) is 5.16. The van der Waals surface area contributed by atoms with Crippen LogP contribution in [0.2, 0.25) is 0 Å². The van der Waals surface area contributed by atoms with E-state index in [2.05, 4.69) is 77.7 Å². The van der Waals surface area contributed by atoms with E-state index in [9.17, 15) is 0 Å². The number of benzene rings is 6. The van der Waals surface area contributed by atoms with Gasteiger partial charge < -0.3 is 8.83 Å². The van der Waals surface area contributed by atoms with Gasteiger partial charge in [-0.15, -0.1) is 0 Å². The van der Waals surface area contributed by atoms with Crippen molar-refractivity contribution in [2.75, 3.05) is 9.80 Å². The second-order valence-corrected chi connectivity index (χ2v) is 13.7. The third-order valence-electron chi connectivity index (χ3n) is 9.62. The fourth-order valence-corrected chi connectivity index (χ4v) is 8.15. The van der Waals surface area contributed by atoms with E-state index in [-0.39, 0.29) is 0 Å². The van der Waals surface area contributed by atoms with Crippen LogP contribution in [0.5, 0.6) is 0 Å². The molecule has 0 amide bonds. The smallest absolute Gasteiger partial charge is 0.235 e. The highest BCUT2D eigenvalue weighted by atomic mass is 32.1. The van der Waals surface area contributed by atoms with Crippen LogP contribution in [0, 0.1) is 0 Å². The molecule has 0 saturated carbocycles. The number of anilines is 6. The molecule has 0 aliphatic heterocycles. The largest absolute Gasteiger partial charge is 0.456 e. The van der Waals surface area contributed by atoms with E-state index in [0.717, 1.165) is 87.2 Å². The summed E-state index contributed by atoms with van der Waals surface area (Å²) in [4.78, 5) is 25.9. The Labute approximate surface area is 305 Å². The standard InChI is InChI=1S/C44H26N6O2S/c1-3-11-27(12-4-1)49(29-19-21-33-31-15-7-9-17-36(31)51-38(33)23-29)40-26-45-41-35-25-46-44(48-42(35)53-43(41)47-40)50(28-13-5-2-6-14-28)30-20-22-34-32-16-8-10-18-37(32)52-39(34)24-30/h1-26H. The molecular weight excluding hydrogens is 677 g/mol. The summed E-state index contributed by atoms with van der Waals surface area (Å²) in [7, 11) is 0. The third kappa shape index (κ3) is 4.82. The number of fused-ring (bicyclic) bond motifs is 9. The summed E-state index contributed by atoms with van der Waals surface area (Å²) >= 11 is 1.50. The highest BCUT2D eigenvalue weighted by Gasteiger charge is 2.22. The third-order valence-corrected chi connectivity index (χ3v) is 10.6. The summed E-state index contributed by atoms with van der Waals surface area (Å²) in [5.41, 5.74) is 7.79. The van der Waals surface area contributed by atoms with Crippen LogP contribution in [0.4, 0.5) is 34.5 Å². The number of nitrogens with zero attached hydrogens (tertiary/aromatic N) is 6. The maximum Gasteiger partial charge on any atom is 0.235 e. The second-order valence-electron chi connectivity index (χ2n) is 12.8. The van der Waals surface area contributed by atoms with Crippen molar-refractivity contribution in [3.8, 4) is 0 Å². The average Bonchev–Trinajstić information content (AvgIpc) is 3.89. The Morgan fingerprint density at radius 3 is 1.60 bits per heavy atom. The summed E-state index contributed by atoms with van der Waals surface area (Å²) < 4.78 is 12.5. The molecule has 11 rings (SSSR count). The van der Waals surface area contributed by atoms with Gasteiger partial charge in [0.15, 0.2) is 5.82 Å². The molecule has 11 aromatic rings. The lowest BCUT2D eigenvalue weighted by molar-refractivity contribution is 0.668. The Morgan fingerprint density at radius 2 is 0.962 bits per heavy atom. The van der Waals surface area contributed by atoms with Gasteiger partial charge in [-0.1, -0.05) is 84.1 Å². The SMILES string of the molecule is c1ccc(N(c2ccc3c(c2)oc2ccccc23)c2cnc3c(n2)sc2nc(N(c4ccccc4)c4ccc5c(c4)oc4ccccc45)ncc23)cc1. The van der Waals surface area contributed by atoms with Crippen LogP contribution in [0.25, 0.3) is 64.4 Å². The van der Waals surface area contributed by atoms with E-state index in [0.29, 0.717) is 11.8 Å². The van der Waals surface area contributed by atoms with Crippen molar-refractivity contribution < 1.29 is 8.83 Å². The first-order valence-corrected chi connectivity index (χ1v) is 18.0. The molecule has 0 N–H and O–H groups in total. The zero-order chi connectivity index (χ0) is 34.9. The van der Waals surface area contributed by atoms with E-state index in [4.69, 9.17) is 28.8 Å². The van der Waals surface area contributed by atoms with E-state index < -0.39 is 0 Å². The van der Waals surface area contributed by atoms with Gasteiger partial charge in [0.1, 0.15) is 37.5 Å². The quantitative estimate of drug-likeness (QED) is 0.169. The van der Waals surface area contributed by atoms with Crippen molar-refractivity contribution >= 4 is 110 Å². The van der Waals surface area contributed by atoms with Crippen molar-refractivity contribution in [3.63, 3.8) is 0 Å². The van der Waals surface area contributed by atoms with Crippen molar-refractivity contribution in [2.45, 2.75) is 0 Å². The van der Waals surface area contributed by atoms with Crippen LogP contribution >= 0.6 is 11.3 Å². The number of thiophene rings is 1. The Hall–Kier alpha value is -7.10. The molecule has 0 radical (unpaired) electrons. The van der Waals surface area contributed by atoms with Gasteiger partial charge in [0.2, 0.25) is 5.95 Å². The summed E-state index contributed by atoms with van der Waals surface area (Å²) in [6, 6.07) is 49.1. The van der Waals surface area contributed by atoms with Gasteiger partial charge in [0.25, 0.3) is 0 Å². The lowest BCUT2D eigenvalue weighted by Gasteiger charge is -2.23. The minimum absolute atomic E-state index is 0.538. The molecule has 5 heterocycles. The van der Waals surface area contributed by atoms with E-state index in [1.807, 2.05) is 90.1 Å². The first kappa shape index (κ1) is 29.6. The fraction of sp³-hybridized carbons (Fsp3) is 0. The molecule has 53 heavy (non-hydrogen) atoms. The van der Waals surface area contributed by atoms with E-state index in [1.165, 1.54) is 11.3 Å². The monoisotopic (exact) mass is 702 g/mol. The van der Waals surface area contributed by atoms with Crippen LogP contribution in [0.1, 0.15) is 0 Å². The first-order valence-electron chi connectivity index (χ1n) is 17.2. The number of para-hydroxylation sites is 4. The Bertz CT molecular complexity index is 2940. The molecule has 9 heteroatoms. The Morgan fingerprint density at radius 1 is 0.415 bits per heavy atom. The van der Waals surface area contributed by atoms with Crippen LogP contribution in [0.3, 0.4) is 0 Å². The van der Waals surface area contributed by atoms with Gasteiger partial charge in [-0.05, 0) is 60.7 Å². The van der Waals surface area contributed by atoms with Gasteiger partial charge in [-0.2, -0.15) is 0 Å². The topological polar surface area (TPSA) is 84.3 Å². The molecular formula is C44H26N6O2S. The minimum atomic E-state index is 0.538. The molecule has 0 unspecified atom stereocenters.